The van der Waals surface area contributed by atoms with Crippen LogP contribution >= 0.6 is 0 Å². The van der Waals surface area contributed by atoms with E-state index >= 15 is 0 Å². The highest BCUT2D eigenvalue weighted by molar-refractivity contribution is 7.89. The van der Waals surface area contributed by atoms with Crippen LogP contribution in [0.4, 0.5) is 0 Å². The molecule has 0 heterocycles. The highest BCUT2D eigenvalue weighted by Gasteiger charge is 2.30. The molecule has 0 aliphatic heterocycles. The number of hydrogen-bond donors (Lipinski definition) is 2. The highest BCUT2D eigenvalue weighted by atomic mass is 32.2. The van der Waals surface area contributed by atoms with Gasteiger partial charge in [-0.3, -0.25) is 0 Å². The van der Waals surface area contributed by atoms with Crippen molar-refractivity contribution in [3.8, 4) is 5.75 Å². The van der Waals surface area contributed by atoms with Gasteiger partial charge < -0.3 is 5.11 Å². The number of phenolic OH excluding ortho intramolecular Hbond substituents is 1. The van der Waals surface area contributed by atoms with Crippen molar-refractivity contribution in [3.05, 3.63) is 24.3 Å². The molecule has 100 valence electrons. The quantitative estimate of drug-likeness (QED) is 0.881. The molecule has 0 aromatic heterocycles. The van der Waals surface area contributed by atoms with E-state index in [1.165, 1.54) is 37.1 Å². The van der Waals surface area contributed by atoms with Gasteiger partial charge in [-0.15, -0.1) is 0 Å². The van der Waals surface area contributed by atoms with Crippen LogP contribution in [0.15, 0.2) is 29.2 Å². The Morgan fingerprint density at radius 2 is 1.78 bits per heavy atom. The smallest absolute Gasteiger partial charge is 0.240 e. The first-order chi connectivity index (χ1) is 8.41. The molecule has 1 aliphatic carbocycles. The monoisotopic (exact) mass is 269 g/mol. The Labute approximate surface area is 108 Å². The maximum Gasteiger partial charge on any atom is 0.240 e. The van der Waals surface area contributed by atoms with Gasteiger partial charge in [0.05, 0.1) is 4.90 Å². The molecule has 1 aromatic rings. The summed E-state index contributed by atoms with van der Waals surface area (Å²) < 4.78 is 26.8. The Balaban J connectivity index is 2.05. The summed E-state index contributed by atoms with van der Waals surface area (Å²) >= 11 is 0. The highest BCUT2D eigenvalue weighted by Crippen LogP contribution is 2.36. The fraction of sp³-hybridized carbons (Fsp3) is 0.538. The van der Waals surface area contributed by atoms with Crippen molar-refractivity contribution in [2.75, 3.05) is 6.54 Å². The van der Waals surface area contributed by atoms with Crippen molar-refractivity contribution in [1.29, 1.82) is 0 Å². The molecule has 2 rings (SSSR count). The van der Waals surface area contributed by atoms with Crippen LogP contribution in [0.2, 0.25) is 0 Å². The summed E-state index contributed by atoms with van der Waals surface area (Å²) in [4.78, 5) is 0.196. The zero-order valence-electron chi connectivity index (χ0n) is 10.5. The number of sulfonamides is 1. The fourth-order valence-corrected chi connectivity index (χ4v) is 3.58. The zero-order valence-corrected chi connectivity index (χ0v) is 11.3. The van der Waals surface area contributed by atoms with Gasteiger partial charge in [0.25, 0.3) is 0 Å². The maximum atomic E-state index is 12.0. The lowest BCUT2D eigenvalue weighted by Gasteiger charge is -2.23. The largest absolute Gasteiger partial charge is 0.508 e. The zero-order chi connectivity index (χ0) is 13.2. The molecule has 1 aromatic carbocycles. The summed E-state index contributed by atoms with van der Waals surface area (Å²) in [7, 11) is -3.46. The average Bonchev–Trinajstić information content (AvgIpc) is 2.75. The molecule has 1 aliphatic rings. The van der Waals surface area contributed by atoms with E-state index in [0.717, 1.165) is 12.8 Å². The van der Waals surface area contributed by atoms with Crippen LogP contribution < -0.4 is 4.72 Å². The Bertz CT molecular complexity index is 502. The number of aromatic hydroxyl groups is 1. The third-order valence-corrected chi connectivity index (χ3v) is 5.06. The minimum Gasteiger partial charge on any atom is -0.508 e. The molecule has 0 bridgehead atoms. The molecule has 1 saturated carbocycles. The van der Waals surface area contributed by atoms with E-state index in [1.54, 1.807) is 0 Å². The molecule has 18 heavy (non-hydrogen) atoms. The molecular formula is C13H19NO3S. The molecule has 0 radical (unpaired) electrons. The van der Waals surface area contributed by atoms with E-state index in [9.17, 15) is 8.42 Å². The average molecular weight is 269 g/mol. The van der Waals surface area contributed by atoms with Crippen LogP contribution in [0.25, 0.3) is 0 Å². The standard InChI is InChI=1S/C13H19NO3S/c1-13(8-2-3-9-13)10-14-18(16,17)12-6-4-11(15)5-7-12/h4-7,14-15H,2-3,8-10H2,1H3. The van der Waals surface area contributed by atoms with Crippen LogP contribution in [0.3, 0.4) is 0 Å². The van der Waals surface area contributed by atoms with Gasteiger partial charge in [-0.05, 0) is 42.5 Å². The van der Waals surface area contributed by atoms with Gasteiger partial charge in [0.2, 0.25) is 10.0 Å². The van der Waals surface area contributed by atoms with Crippen molar-refractivity contribution < 1.29 is 13.5 Å². The third kappa shape index (κ3) is 3.03. The molecule has 0 unspecified atom stereocenters. The van der Waals surface area contributed by atoms with E-state index in [2.05, 4.69) is 11.6 Å². The minimum absolute atomic E-state index is 0.0664. The first kappa shape index (κ1) is 13.4. The predicted octanol–water partition coefficient (Wildman–Crippen LogP) is 2.25. The maximum absolute atomic E-state index is 12.0. The number of phenols is 1. The third-order valence-electron chi connectivity index (χ3n) is 3.65. The minimum atomic E-state index is -3.46. The molecule has 0 amide bonds. The molecule has 4 nitrogen and oxygen atoms in total. The van der Waals surface area contributed by atoms with Crippen molar-refractivity contribution in [2.45, 2.75) is 37.5 Å². The van der Waals surface area contributed by atoms with Crippen molar-refractivity contribution in [2.24, 2.45) is 5.41 Å². The van der Waals surface area contributed by atoms with Crippen LogP contribution in [0, 0.1) is 5.41 Å². The second-order valence-electron chi connectivity index (χ2n) is 5.34. The number of benzene rings is 1. The molecule has 2 N–H and O–H groups in total. The van der Waals surface area contributed by atoms with E-state index in [4.69, 9.17) is 5.11 Å². The van der Waals surface area contributed by atoms with Gasteiger partial charge in [0.1, 0.15) is 5.75 Å². The first-order valence-electron chi connectivity index (χ1n) is 6.20. The van der Waals surface area contributed by atoms with Crippen LogP contribution in [0.5, 0.6) is 5.75 Å². The van der Waals surface area contributed by atoms with Crippen molar-refractivity contribution in [3.63, 3.8) is 0 Å². The first-order valence-corrected chi connectivity index (χ1v) is 7.68. The Hall–Kier alpha value is -1.07. The summed E-state index contributed by atoms with van der Waals surface area (Å²) in [6, 6.07) is 5.58. The second-order valence-corrected chi connectivity index (χ2v) is 7.10. The molecular weight excluding hydrogens is 250 g/mol. The van der Waals surface area contributed by atoms with E-state index in [0.29, 0.717) is 6.54 Å². The Morgan fingerprint density at radius 3 is 2.33 bits per heavy atom. The predicted molar refractivity (Wildman–Crippen MR) is 69.9 cm³/mol. The van der Waals surface area contributed by atoms with E-state index in [-0.39, 0.29) is 16.1 Å². The summed E-state index contributed by atoms with van der Waals surface area (Å²) in [6.45, 7) is 2.61. The molecule has 0 saturated heterocycles. The van der Waals surface area contributed by atoms with Gasteiger partial charge in [0, 0.05) is 6.54 Å². The van der Waals surface area contributed by atoms with Crippen LogP contribution in [-0.4, -0.2) is 20.1 Å². The lowest BCUT2D eigenvalue weighted by molar-refractivity contribution is 0.336. The van der Waals surface area contributed by atoms with Gasteiger partial charge in [0.15, 0.2) is 0 Å². The van der Waals surface area contributed by atoms with E-state index < -0.39 is 10.0 Å². The van der Waals surface area contributed by atoms with E-state index in [1.807, 2.05) is 0 Å². The lowest BCUT2D eigenvalue weighted by atomic mass is 9.89. The van der Waals surface area contributed by atoms with Gasteiger partial charge in [-0.2, -0.15) is 0 Å². The fourth-order valence-electron chi connectivity index (χ4n) is 2.38. The molecule has 1 fully saturated rings. The normalized spacial score (nSPS) is 18.9. The van der Waals surface area contributed by atoms with Gasteiger partial charge >= 0.3 is 0 Å². The topological polar surface area (TPSA) is 66.4 Å². The number of nitrogens with one attached hydrogen (secondary N) is 1. The number of hydrogen-bond acceptors (Lipinski definition) is 3. The molecule has 5 heteroatoms. The van der Waals surface area contributed by atoms with Gasteiger partial charge in [-0.1, -0.05) is 19.8 Å². The van der Waals surface area contributed by atoms with Crippen molar-refractivity contribution in [1.82, 2.24) is 4.72 Å². The Morgan fingerprint density at radius 1 is 1.22 bits per heavy atom. The lowest BCUT2D eigenvalue weighted by Crippen LogP contribution is -2.34. The van der Waals surface area contributed by atoms with Crippen LogP contribution in [-0.2, 0) is 10.0 Å². The molecule has 0 spiro atoms. The summed E-state index contributed by atoms with van der Waals surface area (Å²) in [5.41, 5.74) is 0.0873. The van der Waals surface area contributed by atoms with Crippen molar-refractivity contribution >= 4 is 10.0 Å². The summed E-state index contributed by atoms with van der Waals surface area (Å²) in [5.74, 6) is 0.0664. The van der Waals surface area contributed by atoms with Gasteiger partial charge in [-0.25, -0.2) is 13.1 Å². The summed E-state index contributed by atoms with van der Waals surface area (Å²) in [5, 5.41) is 9.15. The molecule has 0 atom stereocenters. The second kappa shape index (κ2) is 4.90. The number of rotatable bonds is 4. The SMILES string of the molecule is CC1(CNS(=O)(=O)c2ccc(O)cc2)CCCC1. The summed E-state index contributed by atoms with van der Waals surface area (Å²) in [6.07, 6.45) is 4.51. The Kier molecular flexibility index (Phi) is 3.64. The van der Waals surface area contributed by atoms with Crippen LogP contribution in [0.1, 0.15) is 32.6 Å².